The van der Waals surface area contributed by atoms with Crippen molar-refractivity contribution in [2.45, 2.75) is 6.04 Å². The van der Waals surface area contributed by atoms with Crippen LogP contribution < -0.4 is 5.32 Å². The molecule has 0 fully saturated rings. The molecule has 1 N–H and O–H groups in total. The number of hydrogen-bond acceptors (Lipinski definition) is 2. The molecule has 1 aromatic heterocycles. The Morgan fingerprint density at radius 2 is 2.12 bits per heavy atom. The topological polar surface area (TPSA) is 25.2 Å². The lowest BCUT2D eigenvalue weighted by Gasteiger charge is -2.15. The molecule has 84 valence electrons. The highest BCUT2D eigenvalue weighted by Gasteiger charge is 2.14. The molecule has 0 aliphatic carbocycles. The van der Waals surface area contributed by atoms with E-state index in [-0.39, 0.29) is 11.1 Å². The fourth-order valence-electron chi connectivity index (χ4n) is 1.66. The minimum absolute atomic E-state index is 0.0921. The van der Waals surface area contributed by atoms with E-state index in [1.165, 1.54) is 6.07 Å². The van der Waals surface area contributed by atoms with Crippen molar-refractivity contribution in [1.82, 2.24) is 5.32 Å². The number of benzene rings is 1. The third-order valence-corrected chi connectivity index (χ3v) is 2.75. The summed E-state index contributed by atoms with van der Waals surface area (Å²) in [6.07, 6.45) is 3.22. The zero-order chi connectivity index (χ0) is 11.5. The summed E-state index contributed by atoms with van der Waals surface area (Å²) in [5.41, 5.74) is 1.76. The third-order valence-electron chi connectivity index (χ3n) is 2.44. The number of rotatable bonds is 3. The van der Waals surface area contributed by atoms with E-state index >= 15 is 0 Å². The lowest BCUT2D eigenvalue weighted by atomic mass is 10.0. The highest BCUT2D eigenvalue weighted by molar-refractivity contribution is 6.30. The lowest BCUT2D eigenvalue weighted by molar-refractivity contribution is 0.556. The Kier molecular flexibility index (Phi) is 3.27. The number of hydrogen-bond donors (Lipinski definition) is 1. The van der Waals surface area contributed by atoms with Crippen molar-refractivity contribution in [2.75, 3.05) is 7.05 Å². The van der Waals surface area contributed by atoms with Gasteiger partial charge in [0.2, 0.25) is 0 Å². The van der Waals surface area contributed by atoms with Gasteiger partial charge in [-0.25, -0.2) is 4.39 Å². The van der Waals surface area contributed by atoms with E-state index in [4.69, 9.17) is 16.0 Å². The first-order valence-corrected chi connectivity index (χ1v) is 5.24. The van der Waals surface area contributed by atoms with Gasteiger partial charge in [0.25, 0.3) is 0 Å². The van der Waals surface area contributed by atoms with Crippen LogP contribution in [0.3, 0.4) is 0 Å². The second-order valence-electron chi connectivity index (χ2n) is 3.45. The van der Waals surface area contributed by atoms with E-state index < -0.39 is 5.82 Å². The molecule has 0 aliphatic heterocycles. The van der Waals surface area contributed by atoms with E-state index in [2.05, 4.69) is 5.32 Å². The maximum Gasteiger partial charge on any atom is 0.142 e. The van der Waals surface area contributed by atoms with Gasteiger partial charge in [-0.2, -0.15) is 0 Å². The summed E-state index contributed by atoms with van der Waals surface area (Å²) in [6.45, 7) is 0. The van der Waals surface area contributed by atoms with E-state index in [1.807, 2.05) is 13.1 Å². The fourth-order valence-corrected chi connectivity index (χ4v) is 1.77. The van der Waals surface area contributed by atoms with Gasteiger partial charge in [0.05, 0.1) is 23.6 Å². The Hall–Kier alpha value is -1.32. The Labute approximate surface area is 98.0 Å². The van der Waals surface area contributed by atoms with Gasteiger partial charge < -0.3 is 9.73 Å². The summed E-state index contributed by atoms with van der Waals surface area (Å²) in [5, 5.41) is 3.23. The summed E-state index contributed by atoms with van der Waals surface area (Å²) < 4.78 is 18.3. The molecule has 2 rings (SSSR count). The Morgan fingerprint density at radius 1 is 1.31 bits per heavy atom. The zero-order valence-corrected chi connectivity index (χ0v) is 9.46. The maximum absolute atomic E-state index is 13.3. The molecule has 0 radical (unpaired) electrons. The van der Waals surface area contributed by atoms with Crippen LogP contribution in [0.4, 0.5) is 4.39 Å². The molecule has 4 heteroatoms. The minimum Gasteiger partial charge on any atom is -0.472 e. The van der Waals surface area contributed by atoms with E-state index in [1.54, 1.807) is 24.7 Å². The predicted octanol–water partition coefficient (Wildman–Crippen LogP) is 3.38. The molecule has 0 saturated carbocycles. The Morgan fingerprint density at radius 3 is 2.69 bits per heavy atom. The summed E-state index contributed by atoms with van der Waals surface area (Å²) in [4.78, 5) is 0. The SMILES string of the molecule is CNC(c1ccoc1)c1ccc(Cl)c(F)c1. The third kappa shape index (κ3) is 2.10. The van der Waals surface area contributed by atoms with Crippen molar-refractivity contribution >= 4 is 11.6 Å². The van der Waals surface area contributed by atoms with Crippen molar-refractivity contribution in [1.29, 1.82) is 0 Å². The summed E-state index contributed by atoms with van der Waals surface area (Å²) in [7, 11) is 1.81. The fraction of sp³-hybridized carbons (Fsp3) is 0.167. The van der Waals surface area contributed by atoms with Crippen LogP contribution in [-0.4, -0.2) is 7.05 Å². The van der Waals surface area contributed by atoms with Crippen LogP contribution in [-0.2, 0) is 0 Å². The highest BCUT2D eigenvalue weighted by Crippen LogP contribution is 2.25. The van der Waals surface area contributed by atoms with Gasteiger partial charge in [0, 0.05) is 5.56 Å². The lowest BCUT2D eigenvalue weighted by Crippen LogP contribution is -2.17. The van der Waals surface area contributed by atoms with E-state index in [0.29, 0.717) is 0 Å². The molecule has 2 nitrogen and oxygen atoms in total. The number of furan rings is 1. The average molecular weight is 240 g/mol. The van der Waals surface area contributed by atoms with Crippen molar-refractivity contribution in [2.24, 2.45) is 0 Å². The van der Waals surface area contributed by atoms with Gasteiger partial charge in [0.15, 0.2) is 0 Å². The van der Waals surface area contributed by atoms with Crippen molar-refractivity contribution in [3.8, 4) is 0 Å². The molecule has 1 unspecified atom stereocenters. The molecule has 0 amide bonds. The van der Waals surface area contributed by atoms with Crippen LogP contribution in [0.25, 0.3) is 0 Å². The molecule has 0 aliphatic rings. The Bertz CT molecular complexity index is 470. The highest BCUT2D eigenvalue weighted by atomic mass is 35.5. The molecule has 0 spiro atoms. The minimum atomic E-state index is -0.414. The first kappa shape index (κ1) is 11.2. The monoisotopic (exact) mass is 239 g/mol. The molecule has 2 aromatic rings. The van der Waals surface area contributed by atoms with Gasteiger partial charge in [0.1, 0.15) is 5.82 Å². The first-order chi connectivity index (χ1) is 7.72. The van der Waals surface area contributed by atoms with Crippen molar-refractivity contribution < 1.29 is 8.81 Å². The smallest absolute Gasteiger partial charge is 0.142 e. The quantitative estimate of drug-likeness (QED) is 0.888. The maximum atomic E-state index is 13.3. The molecule has 16 heavy (non-hydrogen) atoms. The van der Waals surface area contributed by atoms with Gasteiger partial charge >= 0.3 is 0 Å². The molecule has 0 saturated heterocycles. The molecule has 1 heterocycles. The second kappa shape index (κ2) is 4.68. The predicted molar refractivity (Wildman–Crippen MR) is 61.0 cm³/mol. The van der Waals surface area contributed by atoms with Crippen molar-refractivity contribution in [3.63, 3.8) is 0 Å². The molecular weight excluding hydrogens is 229 g/mol. The summed E-state index contributed by atoms with van der Waals surface area (Å²) in [6, 6.07) is 6.52. The van der Waals surface area contributed by atoms with Crippen LogP contribution in [0, 0.1) is 5.82 Å². The summed E-state index contributed by atoms with van der Waals surface area (Å²) in [5.74, 6) is -0.414. The standard InChI is InChI=1S/C12H11ClFNO/c1-15-12(9-4-5-16-7-9)8-2-3-10(13)11(14)6-8/h2-7,12,15H,1H3. The molecule has 1 atom stereocenters. The van der Waals surface area contributed by atoms with Crippen LogP contribution >= 0.6 is 11.6 Å². The van der Waals surface area contributed by atoms with Crippen LogP contribution in [0.1, 0.15) is 17.2 Å². The van der Waals surface area contributed by atoms with E-state index in [0.717, 1.165) is 11.1 Å². The summed E-state index contributed by atoms with van der Waals surface area (Å²) >= 11 is 5.64. The zero-order valence-electron chi connectivity index (χ0n) is 8.71. The van der Waals surface area contributed by atoms with Gasteiger partial charge in [-0.1, -0.05) is 17.7 Å². The average Bonchev–Trinajstić information content (AvgIpc) is 2.78. The first-order valence-electron chi connectivity index (χ1n) is 4.86. The number of halogens is 2. The molecular formula is C12H11ClFNO. The second-order valence-corrected chi connectivity index (χ2v) is 3.86. The van der Waals surface area contributed by atoms with E-state index in [9.17, 15) is 4.39 Å². The largest absolute Gasteiger partial charge is 0.472 e. The van der Waals surface area contributed by atoms with Crippen LogP contribution in [0.2, 0.25) is 5.02 Å². The van der Waals surface area contributed by atoms with Gasteiger partial charge in [-0.15, -0.1) is 0 Å². The van der Waals surface area contributed by atoms with Crippen molar-refractivity contribution in [3.05, 3.63) is 58.8 Å². The van der Waals surface area contributed by atoms with Gasteiger partial charge in [-0.05, 0) is 30.8 Å². The Balaban J connectivity index is 2.37. The molecule has 0 bridgehead atoms. The number of nitrogens with one attached hydrogen (secondary N) is 1. The normalized spacial score (nSPS) is 12.7. The van der Waals surface area contributed by atoms with Crippen LogP contribution in [0.5, 0.6) is 0 Å². The molecule has 1 aromatic carbocycles. The van der Waals surface area contributed by atoms with Crippen LogP contribution in [0.15, 0.2) is 41.2 Å². The van der Waals surface area contributed by atoms with Gasteiger partial charge in [-0.3, -0.25) is 0 Å².